The fourth-order valence-corrected chi connectivity index (χ4v) is 11.0. The highest BCUT2D eigenvalue weighted by Gasteiger charge is 2.20. The van der Waals surface area contributed by atoms with Crippen LogP contribution in [0.4, 0.5) is 0 Å². The lowest BCUT2D eigenvalue weighted by atomic mass is 9.85. The van der Waals surface area contributed by atoms with Crippen LogP contribution in [-0.4, -0.2) is 0 Å². The van der Waals surface area contributed by atoms with E-state index in [1.165, 1.54) is 89.9 Å². The van der Waals surface area contributed by atoms with Gasteiger partial charge in [-0.3, -0.25) is 0 Å². The summed E-state index contributed by atoms with van der Waals surface area (Å²) in [6, 6.07) is 62.4. The van der Waals surface area contributed by atoms with Crippen LogP contribution in [0.25, 0.3) is 117 Å². The highest BCUT2D eigenvalue weighted by Crippen LogP contribution is 2.49. The van der Waals surface area contributed by atoms with E-state index in [2.05, 4.69) is 164 Å². The molecular weight excluding hydrogens is 681 g/mol. The van der Waals surface area contributed by atoms with Crippen molar-refractivity contribution in [2.45, 2.75) is 0 Å². The smallest absolute Gasteiger partial charge is 0.143 e. The van der Waals surface area contributed by atoms with Crippen LogP contribution in [0.15, 0.2) is 174 Å². The Balaban J connectivity index is 1.08. The second-order valence-corrected chi connectivity index (χ2v) is 16.1. The second kappa shape index (κ2) is 11.1. The minimum atomic E-state index is 0.928. The zero-order valence-electron chi connectivity index (χ0n) is 28.4. The molecule has 3 heteroatoms. The molecule has 0 unspecified atom stereocenters. The van der Waals surface area contributed by atoms with Gasteiger partial charge in [-0.1, -0.05) is 127 Å². The minimum absolute atomic E-state index is 0.928. The van der Waals surface area contributed by atoms with Crippen molar-refractivity contribution in [3.63, 3.8) is 0 Å². The number of para-hydroxylation sites is 1. The maximum atomic E-state index is 6.42. The first kappa shape index (κ1) is 29.3. The molecule has 0 aliphatic heterocycles. The van der Waals surface area contributed by atoms with Crippen LogP contribution in [0.2, 0.25) is 0 Å². The molecule has 0 amide bonds. The van der Waals surface area contributed by atoms with Crippen molar-refractivity contribution in [3.8, 4) is 32.7 Å². The van der Waals surface area contributed by atoms with Gasteiger partial charge in [-0.2, -0.15) is 0 Å². The Labute approximate surface area is 312 Å². The van der Waals surface area contributed by atoms with Crippen molar-refractivity contribution in [2.24, 2.45) is 0 Å². The van der Waals surface area contributed by atoms with E-state index in [4.69, 9.17) is 4.42 Å². The summed E-state index contributed by atoms with van der Waals surface area (Å²) < 4.78 is 10.4. The molecular formula is C50H28OS2. The summed E-state index contributed by atoms with van der Waals surface area (Å²) in [5.74, 6) is 0. The Hall–Kier alpha value is -6.26. The third-order valence-electron chi connectivity index (χ3n) is 11.0. The van der Waals surface area contributed by atoms with Crippen LogP contribution in [0.3, 0.4) is 0 Å². The molecule has 3 heterocycles. The van der Waals surface area contributed by atoms with Crippen molar-refractivity contribution in [1.29, 1.82) is 0 Å². The highest BCUT2D eigenvalue weighted by atomic mass is 32.1. The van der Waals surface area contributed by atoms with Gasteiger partial charge in [-0.25, -0.2) is 0 Å². The molecule has 0 spiro atoms. The summed E-state index contributed by atoms with van der Waals surface area (Å²) in [7, 11) is 0. The Morgan fingerprint density at radius 3 is 1.83 bits per heavy atom. The Bertz CT molecular complexity index is 3390. The van der Waals surface area contributed by atoms with Gasteiger partial charge in [-0.15, -0.1) is 22.7 Å². The van der Waals surface area contributed by atoms with E-state index in [9.17, 15) is 0 Å². The predicted molar refractivity (Wildman–Crippen MR) is 231 cm³/mol. The van der Waals surface area contributed by atoms with Gasteiger partial charge in [0.1, 0.15) is 11.2 Å². The standard InChI is InChI=1S/C50H28OS2/c1-2-11-29(12-3-1)44-26-32-27-46-42(28-45(32)52-44)40-18-10-19-41(50(40)53-46)48-37-16-6-4-14-35(37)47(36-15-5-7-17-38(36)48)31-22-23-33-30(25-31)21-24-39-34-13-8-9-20-43(34)51-49(33)39/h1-28H. The maximum Gasteiger partial charge on any atom is 0.143 e. The molecule has 0 saturated carbocycles. The normalized spacial score (nSPS) is 12.2. The number of hydrogen-bond donors (Lipinski definition) is 0. The first-order chi connectivity index (χ1) is 26.3. The van der Waals surface area contributed by atoms with Crippen molar-refractivity contribution < 1.29 is 4.42 Å². The van der Waals surface area contributed by atoms with Gasteiger partial charge in [-0.05, 0) is 97.0 Å². The third kappa shape index (κ3) is 4.29. The number of furan rings is 1. The van der Waals surface area contributed by atoms with Gasteiger partial charge >= 0.3 is 0 Å². The van der Waals surface area contributed by atoms with Crippen LogP contribution >= 0.6 is 22.7 Å². The molecule has 246 valence electrons. The quantitative estimate of drug-likeness (QED) is 0.167. The Morgan fingerprint density at radius 2 is 1.04 bits per heavy atom. The second-order valence-electron chi connectivity index (χ2n) is 14.0. The van der Waals surface area contributed by atoms with Gasteiger partial charge in [0.25, 0.3) is 0 Å². The molecule has 53 heavy (non-hydrogen) atoms. The first-order valence-electron chi connectivity index (χ1n) is 18.0. The zero-order valence-corrected chi connectivity index (χ0v) is 30.0. The Kier molecular flexibility index (Phi) is 6.15. The van der Waals surface area contributed by atoms with Crippen molar-refractivity contribution in [2.75, 3.05) is 0 Å². The van der Waals surface area contributed by atoms with E-state index in [0.717, 1.165) is 27.3 Å². The molecule has 0 bridgehead atoms. The van der Waals surface area contributed by atoms with Crippen LogP contribution in [0.1, 0.15) is 0 Å². The van der Waals surface area contributed by atoms with Gasteiger partial charge in [0.2, 0.25) is 0 Å². The van der Waals surface area contributed by atoms with E-state index in [0.29, 0.717) is 0 Å². The molecule has 0 N–H and O–H groups in total. The summed E-state index contributed by atoms with van der Waals surface area (Å²) in [6.07, 6.45) is 0. The number of hydrogen-bond acceptors (Lipinski definition) is 3. The number of thiophene rings is 2. The maximum absolute atomic E-state index is 6.42. The van der Waals surface area contributed by atoms with Gasteiger partial charge in [0, 0.05) is 51.5 Å². The van der Waals surface area contributed by atoms with Gasteiger partial charge < -0.3 is 4.42 Å². The molecule has 0 saturated heterocycles. The number of fused-ring (bicyclic) bond motifs is 11. The highest BCUT2D eigenvalue weighted by molar-refractivity contribution is 7.27. The molecule has 12 rings (SSSR count). The fourth-order valence-electron chi connectivity index (χ4n) is 8.67. The van der Waals surface area contributed by atoms with E-state index >= 15 is 0 Å². The molecule has 12 aromatic rings. The average molecular weight is 709 g/mol. The van der Waals surface area contributed by atoms with Crippen LogP contribution in [0.5, 0.6) is 0 Å². The lowest BCUT2D eigenvalue weighted by Crippen LogP contribution is -1.91. The summed E-state index contributed by atoms with van der Waals surface area (Å²) in [5, 5.41) is 13.7. The molecule has 0 atom stereocenters. The SMILES string of the molecule is c1ccc(-c2cc3cc4sc5c(-c6c7ccccc7c(-c7ccc8c(ccc9c%10ccccc%10oc89)c7)c7ccccc67)cccc5c4cc3s2)cc1. The van der Waals surface area contributed by atoms with Crippen LogP contribution < -0.4 is 0 Å². The average Bonchev–Trinajstić information content (AvgIpc) is 3.92. The predicted octanol–water partition coefficient (Wildman–Crippen LogP) is 15.6. The lowest BCUT2D eigenvalue weighted by molar-refractivity contribution is 0.672. The summed E-state index contributed by atoms with van der Waals surface area (Å²) in [6.45, 7) is 0. The molecule has 0 aliphatic rings. The largest absolute Gasteiger partial charge is 0.455 e. The molecule has 0 fully saturated rings. The van der Waals surface area contributed by atoms with Gasteiger partial charge in [0.05, 0.1) is 0 Å². The summed E-state index contributed by atoms with van der Waals surface area (Å²) >= 11 is 3.80. The topological polar surface area (TPSA) is 13.1 Å². The minimum Gasteiger partial charge on any atom is -0.455 e. The van der Waals surface area contributed by atoms with E-state index in [1.54, 1.807) is 0 Å². The fraction of sp³-hybridized carbons (Fsp3) is 0. The molecule has 0 aliphatic carbocycles. The van der Waals surface area contributed by atoms with Crippen LogP contribution in [-0.2, 0) is 0 Å². The molecule has 9 aromatic carbocycles. The van der Waals surface area contributed by atoms with Crippen molar-refractivity contribution in [3.05, 3.63) is 170 Å². The third-order valence-corrected chi connectivity index (χ3v) is 13.4. The van der Waals surface area contributed by atoms with Gasteiger partial charge in [0.15, 0.2) is 0 Å². The zero-order chi connectivity index (χ0) is 34.6. The van der Waals surface area contributed by atoms with E-state index < -0.39 is 0 Å². The monoisotopic (exact) mass is 708 g/mol. The first-order valence-corrected chi connectivity index (χ1v) is 19.6. The van der Waals surface area contributed by atoms with E-state index in [-0.39, 0.29) is 0 Å². The van der Waals surface area contributed by atoms with Crippen molar-refractivity contribution in [1.82, 2.24) is 0 Å². The summed E-state index contributed by atoms with van der Waals surface area (Å²) in [5.41, 5.74) is 8.23. The van der Waals surface area contributed by atoms with Crippen molar-refractivity contribution >= 4 is 107 Å². The summed E-state index contributed by atoms with van der Waals surface area (Å²) in [4.78, 5) is 1.32. The van der Waals surface area contributed by atoms with Crippen LogP contribution in [0, 0.1) is 0 Å². The Morgan fingerprint density at radius 1 is 0.358 bits per heavy atom. The number of benzene rings is 9. The molecule has 3 aromatic heterocycles. The lowest BCUT2D eigenvalue weighted by Gasteiger charge is -2.18. The molecule has 0 radical (unpaired) electrons. The van der Waals surface area contributed by atoms with E-state index in [1.807, 2.05) is 28.7 Å². The number of rotatable bonds is 3. The molecule has 1 nitrogen and oxygen atoms in total.